The Hall–Kier alpha value is -3.66. The highest BCUT2D eigenvalue weighted by Gasteiger charge is 2.09. The van der Waals surface area contributed by atoms with E-state index < -0.39 is 0 Å². The Bertz CT molecular complexity index is 1310. The maximum absolute atomic E-state index is 12.5. The minimum absolute atomic E-state index is 0.00261. The smallest absolute Gasteiger partial charge is 0.224 e. The summed E-state index contributed by atoms with van der Waals surface area (Å²) in [4.78, 5) is 20.4. The van der Waals surface area contributed by atoms with Gasteiger partial charge in [-0.3, -0.25) is 9.78 Å². The number of nitrogens with one attached hydrogen (secondary N) is 2. The Morgan fingerprint density at radius 3 is 2.57 bits per heavy atom. The molecule has 5 aromatic rings. The summed E-state index contributed by atoms with van der Waals surface area (Å²) in [7, 11) is 0. The molecule has 4 nitrogen and oxygen atoms in total. The molecular formula is C24H19N3O. The van der Waals surface area contributed by atoms with E-state index in [1.807, 2.05) is 60.8 Å². The van der Waals surface area contributed by atoms with Crippen LogP contribution in [0.4, 0.5) is 5.69 Å². The van der Waals surface area contributed by atoms with Crippen LogP contribution in [0.5, 0.6) is 0 Å². The molecule has 5 rings (SSSR count). The first-order valence-corrected chi connectivity index (χ1v) is 9.41. The molecule has 0 aliphatic rings. The van der Waals surface area contributed by atoms with Crippen molar-refractivity contribution in [2.75, 3.05) is 5.32 Å². The molecule has 3 aromatic carbocycles. The Kier molecular flexibility index (Phi) is 4.02. The first kappa shape index (κ1) is 16.5. The number of anilines is 1. The zero-order chi connectivity index (χ0) is 18.9. The van der Waals surface area contributed by atoms with Gasteiger partial charge in [0.1, 0.15) is 0 Å². The summed E-state index contributed by atoms with van der Waals surface area (Å²) in [6, 6.07) is 24.3. The van der Waals surface area contributed by atoms with Crippen LogP contribution in [0.25, 0.3) is 32.6 Å². The number of aryl methyl sites for hydroxylation is 1. The molecule has 4 heteroatoms. The highest BCUT2D eigenvalue weighted by atomic mass is 16.1. The Morgan fingerprint density at radius 1 is 0.857 bits per heavy atom. The van der Waals surface area contributed by atoms with E-state index in [9.17, 15) is 4.79 Å². The van der Waals surface area contributed by atoms with Crippen LogP contribution >= 0.6 is 0 Å². The zero-order valence-electron chi connectivity index (χ0n) is 15.3. The molecule has 0 aliphatic heterocycles. The summed E-state index contributed by atoms with van der Waals surface area (Å²) in [5.74, 6) is -0.00261. The minimum Gasteiger partial charge on any atom is -0.353 e. The van der Waals surface area contributed by atoms with Crippen LogP contribution in [0, 0.1) is 0 Å². The second-order valence-corrected chi connectivity index (χ2v) is 6.97. The van der Waals surface area contributed by atoms with Gasteiger partial charge >= 0.3 is 0 Å². The second-order valence-electron chi connectivity index (χ2n) is 6.97. The van der Waals surface area contributed by atoms with Crippen LogP contribution in [0.1, 0.15) is 12.1 Å². The number of H-pyrrole nitrogens is 1. The van der Waals surface area contributed by atoms with Crippen molar-refractivity contribution in [2.24, 2.45) is 0 Å². The fourth-order valence-corrected chi connectivity index (χ4v) is 3.72. The number of para-hydroxylation sites is 1. The van der Waals surface area contributed by atoms with Gasteiger partial charge in [-0.2, -0.15) is 0 Å². The predicted molar refractivity (Wildman–Crippen MR) is 114 cm³/mol. The molecule has 0 saturated heterocycles. The molecule has 0 bridgehead atoms. The number of fused-ring (bicyclic) bond motifs is 4. The van der Waals surface area contributed by atoms with Gasteiger partial charge in [0.05, 0.1) is 11.7 Å². The quantitative estimate of drug-likeness (QED) is 0.445. The molecule has 0 radical (unpaired) electrons. The number of hydrogen-bond acceptors (Lipinski definition) is 2. The minimum atomic E-state index is -0.00261. The van der Waals surface area contributed by atoms with Gasteiger partial charge < -0.3 is 10.3 Å². The van der Waals surface area contributed by atoms with Crippen molar-refractivity contribution >= 4 is 44.2 Å². The number of aromatic nitrogens is 2. The van der Waals surface area contributed by atoms with E-state index in [1.165, 1.54) is 5.39 Å². The zero-order valence-corrected chi connectivity index (χ0v) is 15.3. The predicted octanol–water partition coefficient (Wildman–Crippen LogP) is 5.44. The van der Waals surface area contributed by atoms with Gasteiger partial charge in [-0.15, -0.1) is 0 Å². The molecule has 0 unspecified atom stereocenters. The van der Waals surface area contributed by atoms with Crippen molar-refractivity contribution < 1.29 is 4.79 Å². The van der Waals surface area contributed by atoms with Crippen molar-refractivity contribution in [3.05, 3.63) is 84.7 Å². The molecule has 2 heterocycles. The number of nitrogens with zero attached hydrogens (tertiary/aromatic N) is 1. The molecule has 28 heavy (non-hydrogen) atoms. The summed E-state index contributed by atoms with van der Waals surface area (Å²) in [5, 5.41) is 7.54. The number of aromatic amines is 1. The molecule has 0 atom stereocenters. The lowest BCUT2D eigenvalue weighted by atomic mass is 10.1. The van der Waals surface area contributed by atoms with Crippen LogP contribution in [0.2, 0.25) is 0 Å². The summed E-state index contributed by atoms with van der Waals surface area (Å²) < 4.78 is 0. The SMILES string of the molecule is O=C(CCc1cc2c(cn1)[nH]c1ccccc12)Nc1cccc2ccccc12. The van der Waals surface area contributed by atoms with E-state index in [-0.39, 0.29) is 5.91 Å². The summed E-state index contributed by atoms with van der Waals surface area (Å²) in [6.07, 6.45) is 2.85. The summed E-state index contributed by atoms with van der Waals surface area (Å²) in [6.45, 7) is 0. The molecule has 0 spiro atoms. The Morgan fingerprint density at radius 2 is 1.64 bits per heavy atom. The third-order valence-corrected chi connectivity index (χ3v) is 5.12. The first-order chi connectivity index (χ1) is 13.8. The average molecular weight is 365 g/mol. The van der Waals surface area contributed by atoms with Crippen molar-refractivity contribution in [1.82, 2.24) is 9.97 Å². The summed E-state index contributed by atoms with van der Waals surface area (Å²) in [5.41, 5.74) is 3.89. The summed E-state index contributed by atoms with van der Waals surface area (Å²) >= 11 is 0. The second kappa shape index (κ2) is 6.82. The van der Waals surface area contributed by atoms with E-state index in [0.717, 1.165) is 38.6 Å². The van der Waals surface area contributed by atoms with Gasteiger partial charge in [0.2, 0.25) is 5.91 Å². The topological polar surface area (TPSA) is 57.8 Å². The maximum atomic E-state index is 12.5. The van der Waals surface area contributed by atoms with Crippen molar-refractivity contribution in [1.29, 1.82) is 0 Å². The number of benzene rings is 3. The number of carbonyl (C=O) groups is 1. The third-order valence-electron chi connectivity index (χ3n) is 5.12. The van der Waals surface area contributed by atoms with Gasteiger partial charge in [-0.05, 0) is 30.0 Å². The number of hydrogen-bond donors (Lipinski definition) is 2. The van der Waals surface area contributed by atoms with Crippen molar-refractivity contribution in [2.45, 2.75) is 12.8 Å². The molecule has 0 fully saturated rings. The highest BCUT2D eigenvalue weighted by Crippen LogP contribution is 2.26. The van der Waals surface area contributed by atoms with E-state index in [4.69, 9.17) is 0 Å². The van der Waals surface area contributed by atoms with Crippen LogP contribution in [0.15, 0.2) is 79.0 Å². The number of carbonyl (C=O) groups excluding carboxylic acids is 1. The lowest BCUT2D eigenvalue weighted by molar-refractivity contribution is -0.116. The number of pyridine rings is 1. The van der Waals surface area contributed by atoms with E-state index in [0.29, 0.717) is 12.8 Å². The van der Waals surface area contributed by atoms with Crippen LogP contribution in [0.3, 0.4) is 0 Å². The number of rotatable bonds is 4. The Balaban J connectivity index is 1.34. The standard InChI is InChI=1S/C24H19N3O/c28-24(27-21-11-5-7-16-6-1-2-8-18(16)21)13-12-17-14-20-19-9-3-4-10-22(19)26-23(20)15-25-17/h1-11,14-15,26H,12-13H2,(H,27,28). The van der Waals surface area contributed by atoms with E-state index in [1.54, 1.807) is 0 Å². The van der Waals surface area contributed by atoms with E-state index in [2.05, 4.69) is 33.5 Å². The van der Waals surface area contributed by atoms with Crippen molar-refractivity contribution in [3.8, 4) is 0 Å². The van der Waals surface area contributed by atoms with Crippen molar-refractivity contribution in [3.63, 3.8) is 0 Å². The number of amides is 1. The molecular weight excluding hydrogens is 346 g/mol. The Labute approximate surface area is 162 Å². The van der Waals surface area contributed by atoms with Gasteiger partial charge in [0, 0.05) is 39.5 Å². The fraction of sp³-hybridized carbons (Fsp3) is 0.0833. The lowest BCUT2D eigenvalue weighted by Crippen LogP contribution is -2.12. The van der Waals surface area contributed by atoms with E-state index >= 15 is 0 Å². The van der Waals surface area contributed by atoms with Gasteiger partial charge in [-0.1, -0.05) is 54.6 Å². The third kappa shape index (κ3) is 2.99. The van der Waals surface area contributed by atoms with Gasteiger partial charge in [-0.25, -0.2) is 0 Å². The van der Waals surface area contributed by atoms with Gasteiger partial charge in [0.25, 0.3) is 0 Å². The molecule has 0 aliphatic carbocycles. The monoisotopic (exact) mass is 365 g/mol. The molecule has 2 aromatic heterocycles. The average Bonchev–Trinajstić information content (AvgIpc) is 3.10. The molecule has 1 amide bonds. The maximum Gasteiger partial charge on any atom is 0.224 e. The fourth-order valence-electron chi connectivity index (χ4n) is 3.72. The van der Waals surface area contributed by atoms with Crippen LogP contribution in [-0.2, 0) is 11.2 Å². The molecule has 2 N–H and O–H groups in total. The van der Waals surface area contributed by atoms with Gasteiger partial charge in [0.15, 0.2) is 0 Å². The highest BCUT2D eigenvalue weighted by molar-refractivity contribution is 6.07. The molecule has 136 valence electrons. The van der Waals surface area contributed by atoms with Crippen LogP contribution < -0.4 is 5.32 Å². The largest absolute Gasteiger partial charge is 0.353 e. The first-order valence-electron chi connectivity index (χ1n) is 9.41. The lowest BCUT2D eigenvalue weighted by Gasteiger charge is -2.08. The van der Waals surface area contributed by atoms with Crippen LogP contribution in [-0.4, -0.2) is 15.9 Å². The normalized spacial score (nSPS) is 11.3. The molecule has 0 saturated carbocycles.